The number of halogens is 2. The van der Waals surface area contributed by atoms with E-state index in [4.69, 9.17) is 10.4 Å². The molecule has 0 saturated heterocycles. The summed E-state index contributed by atoms with van der Waals surface area (Å²) < 4.78 is 46.9. The van der Waals surface area contributed by atoms with Gasteiger partial charge in [0.05, 0.1) is 0 Å². The number of pyridine rings is 1. The molecular formula is C8H7F2N3O2S. The van der Waals surface area contributed by atoms with Crippen molar-refractivity contribution in [3.63, 3.8) is 0 Å². The summed E-state index contributed by atoms with van der Waals surface area (Å²) in [5.74, 6) is 0. The third kappa shape index (κ3) is 2.32. The number of aryl methyl sites for hydroxylation is 1. The average molecular weight is 247 g/mol. The van der Waals surface area contributed by atoms with Crippen molar-refractivity contribution in [1.82, 2.24) is 4.98 Å². The van der Waals surface area contributed by atoms with Gasteiger partial charge in [-0.05, 0) is 18.6 Å². The SMILES string of the molecule is Cc1cc(S(N)(=O)=O)c(C#N)nc1C(F)F. The molecule has 0 saturated carbocycles. The number of hydrogen-bond donors (Lipinski definition) is 1. The van der Waals surface area contributed by atoms with Crippen molar-refractivity contribution in [2.24, 2.45) is 5.14 Å². The first kappa shape index (κ1) is 12.5. The van der Waals surface area contributed by atoms with Gasteiger partial charge >= 0.3 is 0 Å². The van der Waals surface area contributed by atoms with E-state index in [1.165, 1.54) is 13.0 Å². The van der Waals surface area contributed by atoms with Gasteiger partial charge in [0, 0.05) is 0 Å². The van der Waals surface area contributed by atoms with Crippen molar-refractivity contribution in [3.8, 4) is 6.07 Å². The molecular weight excluding hydrogens is 240 g/mol. The minimum absolute atomic E-state index is 0.0296. The Labute approximate surface area is 90.6 Å². The normalized spacial score (nSPS) is 11.5. The largest absolute Gasteiger partial charge is 0.280 e. The molecule has 0 atom stereocenters. The van der Waals surface area contributed by atoms with Crippen LogP contribution in [0.5, 0.6) is 0 Å². The molecule has 1 aromatic rings. The third-order valence-corrected chi connectivity index (χ3v) is 2.76. The highest BCUT2D eigenvalue weighted by atomic mass is 32.2. The Morgan fingerprint density at radius 1 is 1.56 bits per heavy atom. The number of nitrogens with zero attached hydrogens (tertiary/aromatic N) is 2. The summed E-state index contributed by atoms with van der Waals surface area (Å²) in [6.07, 6.45) is -2.87. The van der Waals surface area contributed by atoms with Gasteiger partial charge in [-0.15, -0.1) is 0 Å². The second-order valence-electron chi connectivity index (χ2n) is 2.99. The van der Waals surface area contributed by atoms with Crippen LogP contribution in [0, 0.1) is 18.3 Å². The summed E-state index contributed by atoms with van der Waals surface area (Å²) in [5.41, 5.74) is -1.27. The minimum atomic E-state index is -4.14. The van der Waals surface area contributed by atoms with Gasteiger partial charge in [-0.2, -0.15) is 5.26 Å². The summed E-state index contributed by atoms with van der Waals surface area (Å²) in [5, 5.41) is 13.4. The first-order valence-electron chi connectivity index (χ1n) is 4.00. The van der Waals surface area contributed by atoms with Gasteiger partial charge in [0.1, 0.15) is 16.7 Å². The van der Waals surface area contributed by atoms with Gasteiger partial charge in [0.25, 0.3) is 6.43 Å². The lowest BCUT2D eigenvalue weighted by atomic mass is 10.2. The molecule has 16 heavy (non-hydrogen) atoms. The summed E-state index contributed by atoms with van der Waals surface area (Å²) in [6, 6.07) is 2.34. The van der Waals surface area contributed by atoms with E-state index >= 15 is 0 Å². The lowest BCUT2D eigenvalue weighted by Gasteiger charge is -2.07. The fraction of sp³-hybridized carbons (Fsp3) is 0.250. The van der Waals surface area contributed by atoms with Crippen LogP contribution in [-0.4, -0.2) is 13.4 Å². The summed E-state index contributed by atoms with van der Waals surface area (Å²) in [4.78, 5) is 2.74. The lowest BCUT2D eigenvalue weighted by molar-refractivity contribution is 0.145. The van der Waals surface area contributed by atoms with E-state index in [-0.39, 0.29) is 5.56 Å². The van der Waals surface area contributed by atoms with Gasteiger partial charge in [-0.1, -0.05) is 0 Å². The van der Waals surface area contributed by atoms with Crippen LogP contribution in [0.4, 0.5) is 8.78 Å². The molecule has 0 aliphatic carbocycles. The first-order valence-corrected chi connectivity index (χ1v) is 5.54. The third-order valence-electron chi connectivity index (χ3n) is 1.84. The number of nitriles is 1. The van der Waals surface area contributed by atoms with Crippen molar-refractivity contribution in [3.05, 3.63) is 23.0 Å². The standard InChI is InChI=1S/C8H7F2N3O2S/c1-4-2-6(16(12,14)15)5(3-11)13-7(4)8(9)10/h2,8H,1H3,(H2,12,14,15). The number of hydrogen-bond acceptors (Lipinski definition) is 4. The van der Waals surface area contributed by atoms with E-state index in [2.05, 4.69) is 4.98 Å². The molecule has 1 heterocycles. The van der Waals surface area contributed by atoms with Crippen LogP contribution in [0.3, 0.4) is 0 Å². The highest BCUT2D eigenvalue weighted by Gasteiger charge is 2.21. The van der Waals surface area contributed by atoms with E-state index < -0.39 is 32.7 Å². The van der Waals surface area contributed by atoms with Gasteiger partial charge in [0.2, 0.25) is 10.0 Å². The Morgan fingerprint density at radius 3 is 2.50 bits per heavy atom. The van der Waals surface area contributed by atoms with Gasteiger partial charge in [-0.3, -0.25) is 0 Å². The fourth-order valence-corrected chi connectivity index (χ4v) is 1.82. The summed E-state index contributed by atoms with van der Waals surface area (Å²) in [7, 11) is -4.14. The Balaban J connectivity index is 3.59. The van der Waals surface area contributed by atoms with Crippen LogP contribution >= 0.6 is 0 Å². The molecule has 86 valence electrons. The number of rotatable bonds is 2. The second kappa shape index (κ2) is 4.11. The molecule has 0 amide bonds. The van der Waals surface area contributed by atoms with Gasteiger partial charge < -0.3 is 0 Å². The molecule has 2 N–H and O–H groups in total. The molecule has 0 unspecified atom stereocenters. The van der Waals surface area contributed by atoms with Gasteiger partial charge in [0.15, 0.2) is 5.69 Å². The predicted octanol–water partition coefficient (Wildman–Crippen LogP) is 0.847. The number of aromatic nitrogens is 1. The molecule has 0 bridgehead atoms. The highest BCUT2D eigenvalue weighted by Crippen LogP contribution is 2.24. The summed E-state index contributed by atoms with van der Waals surface area (Å²) in [6.45, 7) is 1.27. The van der Waals surface area contributed by atoms with E-state index in [1.807, 2.05) is 0 Å². The fourth-order valence-electron chi connectivity index (χ4n) is 1.12. The maximum Gasteiger partial charge on any atom is 0.280 e. The molecule has 0 aromatic carbocycles. The van der Waals surface area contributed by atoms with Crippen LogP contribution in [-0.2, 0) is 10.0 Å². The minimum Gasteiger partial charge on any atom is -0.234 e. The van der Waals surface area contributed by atoms with Crippen molar-refractivity contribution in [2.75, 3.05) is 0 Å². The first-order chi connectivity index (χ1) is 7.27. The number of primary sulfonamides is 1. The molecule has 5 nitrogen and oxygen atoms in total. The van der Waals surface area contributed by atoms with Crippen molar-refractivity contribution in [1.29, 1.82) is 5.26 Å². The van der Waals surface area contributed by atoms with Crippen LogP contribution < -0.4 is 5.14 Å². The maximum atomic E-state index is 12.4. The molecule has 0 fully saturated rings. The zero-order valence-electron chi connectivity index (χ0n) is 8.11. The Kier molecular flexibility index (Phi) is 3.21. The molecule has 1 aromatic heterocycles. The number of sulfonamides is 1. The zero-order chi connectivity index (χ0) is 12.5. The quantitative estimate of drug-likeness (QED) is 0.837. The maximum absolute atomic E-state index is 12.4. The predicted molar refractivity (Wildman–Crippen MR) is 50.0 cm³/mol. The monoisotopic (exact) mass is 247 g/mol. The number of alkyl halides is 2. The highest BCUT2D eigenvalue weighted by molar-refractivity contribution is 7.89. The summed E-state index contributed by atoms with van der Waals surface area (Å²) >= 11 is 0. The van der Waals surface area contributed by atoms with Crippen LogP contribution in [0.2, 0.25) is 0 Å². The topological polar surface area (TPSA) is 96.8 Å². The zero-order valence-corrected chi connectivity index (χ0v) is 8.92. The molecule has 0 aliphatic heterocycles. The molecule has 0 aliphatic rings. The lowest BCUT2D eigenvalue weighted by Crippen LogP contribution is -2.16. The van der Waals surface area contributed by atoms with Crippen LogP contribution in [0.25, 0.3) is 0 Å². The molecule has 1 rings (SSSR count). The van der Waals surface area contributed by atoms with E-state index in [9.17, 15) is 17.2 Å². The van der Waals surface area contributed by atoms with Crippen molar-refractivity contribution in [2.45, 2.75) is 18.2 Å². The van der Waals surface area contributed by atoms with E-state index in [0.29, 0.717) is 0 Å². The van der Waals surface area contributed by atoms with E-state index in [0.717, 1.165) is 6.07 Å². The molecule has 8 heteroatoms. The Morgan fingerprint density at radius 2 is 2.12 bits per heavy atom. The van der Waals surface area contributed by atoms with Crippen LogP contribution in [0.15, 0.2) is 11.0 Å². The van der Waals surface area contributed by atoms with E-state index in [1.54, 1.807) is 0 Å². The smallest absolute Gasteiger partial charge is 0.234 e. The molecule has 0 radical (unpaired) electrons. The Bertz CT molecular complexity index is 563. The molecule has 0 spiro atoms. The second-order valence-corrected chi connectivity index (χ2v) is 4.52. The Hall–Kier alpha value is -1.59. The van der Waals surface area contributed by atoms with Crippen LogP contribution in [0.1, 0.15) is 23.4 Å². The average Bonchev–Trinajstić information content (AvgIpc) is 2.15. The van der Waals surface area contributed by atoms with Crippen molar-refractivity contribution >= 4 is 10.0 Å². The van der Waals surface area contributed by atoms with Gasteiger partial charge in [-0.25, -0.2) is 27.3 Å². The number of nitrogens with two attached hydrogens (primary N) is 1. The van der Waals surface area contributed by atoms with Crippen molar-refractivity contribution < 1.29 is 17.2 Å².